The third-order valence-electron chi connectivity index (χ3n) is 6.13. The zero-order valence-electron chi connectivity index (χ0n) is 17.3. The molecule has 0 radical (unpaired) electrons. The molecule has 1 aliphatic rings. The quantitative estimate of drug-likeness (QED) is 0.399. The van der Waals surface area contributed by atoms with Gasteiger partial charge in [-0.25, -0.2) is 0 Å². The number of rotatable bonds is 9. The molecule has 0 bridgehead atoms. The molecular formula is C24H38O3. The smallest absolute Gasteiger partial charge is 0.119 e. The van der Waals surface area contributed by atoms with Crippen LogP contribution >= 0.6 is 0 Å². The Balaban J connectivity index is 2.19. The number of phenols is 1. The predicted octanol–water partition coefficient (Wildman–Crippen LogP) is 5.43. The summed E-state index contributed by atoms with van der Waals surface area (Å²) in [5, 5.41) is 30.1. The van der Waals surface area contributed by atoms with Crippen LogP contribution in [0.3, 0.4) is 0 Å². The van der Waals surface area contributed by atoms with Crippen LogP contribution in [0.5, 0.6) is 5.75 Å². The van der Waals surface area contributed by atoms with Crippen LogP contribution in [0, 0.1) is 5.92 Å². The van der Waals surface area contributed by atoms with E-state index < -0.39 is 0 Å². The molecule has 0 aromatic heterocycles. The largest absolute Gasteiger partial charge is 0.508 e. The Morgan fingerprint density at radius 3 is 2.63 bits per heavy atom. The first-order chi connectivity index (χ1) is 12.9. The van der Waals surface area contributed by atoms with Gasteiger partial charge in [-0.2, -0.15) is 0 Å². The molecule has 0 heterocycles. The molecule has 1 aliphatic carbocycles. The van der Waals surface area contributed by atoms with Crippen LogP contribution in [0.25, 0.3) is 0 Å². The molecule has 3 nitrogen and oxygen atoms in total. The maximum absolute atomic E-state index is 10.8. The summed E-state index contributed by atoms with van der Waals surface area (Å²) < 4.78 is 0. The number of aliphatic hydroxyl groups is 2. The van der Waals surface area contributed by atoms with Gasteiger partial charge in [0.1, 0.15) is 5.75 Å². The van der Waals surface area contributed by atoms with Crippen molar-refractivity contribution < 1.29 is 15.3 Å². The number of aliphatic hydroxyl groups excluding tert-OH is 2. The fourth-order valence-electron chi connectivity index (χ4n) is 4.35. The molecule has 0 saturated heterocycles. The molecule has 1 fully saturated rings. The first kappa shape index (κ1) is 22.0. The Morgan fingerprint density at radius 1 is 1.19 bits per heavy atom. The van der Waals surface area contributed by atoms with Gasteiger partial charge in [-0.3, -0.25) is 0 Å². The number of hydrogen-bond donors (Lipinski definition) is 3. The Hall–Kier alpha value is -1.32. The molecule has 27 heavy (non-hydrogen) atoms. The van der Waals surface area contributed by atoms with Crippen molar-refractivity contribution in [3.05, 3.63) is 41.5 Å². The molecule has 2 rings (SSSR count). The summed E-state index contributed by atoms with van der Waals surface area (Å²) in [6.07, 6.45) is 11.9. The Bertz CT molecular complexity index is 604. The summed E-state index contributed by atoms with van der Waals surface area (Å²) in [7, 11) is 0. The van der Waals surface area contributed by atoms with Crippen LogP contribution in [0.4, 0.5) is 0 Å². The van der Waals surface area contributed by atoms with Crippen molar-refractivity contribution in [3.8, 4) is 5.75 Å². The third-order valence-corrected chi connectivity index (χ3v) is 6.13. The van der Waals surface area contributed by atoms with Crippen LogP contribution in [0.15, 0.2) is 30.4 Å². The van der Waals surface area contributed by atoms with E-state index in [9.17, 15) is 15.3 Å². The minimum atomic E-state index is -0.294. The van der Waals surface area contributed by atoms with Crippen molar-refractivity contribution in [2.45, 2.75) is 89.6 Å². The van der Waals surface area contributed by atoms with E-state index in [2.05, 4.69) is 45.1 Å². The fraction of sp³-hybridized carbons (Fsp3) is 0.667. The standard InChI is InChI=1S/C24H38O3/c1-4-5-6-7-14-24(2,3)19-11-13-21(23(27)16-19)22-17-20(26)12-10-18(22)9-8-15-25/h7,11,13-14,16,18,20,22,25-27H,4-6,8-10,12,15,17H2,1-3H3. The van der Waals surface area contributed by atoms with Crippen molar-refractivity contribution in [1.82, 2.24) is 0 Å². The van der Waals surface area contributed by atoms with Crippen LogP contribution in [0.2, 0.25) is 0 Å². The van der Waals surface area contributed by atoms with E-state index in [4.69, 9.17) is 0 Å². The van der Waals surface area contributed by atoms with Crippen LogP contribution in [-0.4, -0.2) is 28.0 Å². The topological polar surface area (TPSA) is 60.7 Å². The second kappa shape index (κ2) is 10.3. The van der Waals surface area contributed by atoms with Crippen molar-refractivity contribution in [2.24, 2.45) is 5.92 Å². The monoisotopic (exact) mass is 374 g/mol. The van der Waals surface area contributed by atoms with E-state index in [1.54, 1.807) is 0 Å². The summed E-state index contributed by atoms with van der Waals surface area (Å²) in [5.74, 6) is 0.924. The van der Waals surface area contributed by atoms with Gasteiger partial charge >= 0.3 is 0 Å². The van der Waals surface area contributed by atoms with Gasteiger partial charge in [-0.05, 0) is 67.6 Å². The molecule has 0 aliphatic heterocycles. The first-order valence-electron chi connectivity index (χ1n) is 10.7. The Labute approximate surface area is 165 Å². The molecule has 0 amide bonds. The minimum absolute atomic E-state index is 0.119. The predicted molar refractivity (Wildman–Crippen MR) is 112 cm³/mol. The summed E-state index contributed by atoms with van der Waals surface area (Å²) in [6.45, 7) is 6.76. The molecule has 3 heteroatoms. The number of unbranched alkanes of at least 4 members (excludes halogenated alkanes) is 2. The number of hydrogen-bond acceptors (Lipinski definition) is 3. The molecular weight excluding hydrogens is 336 g/mol. The van der Waals surface area contributed by atoms with Gasteiger partial charge in [0.05, 0.1) is 6.10 Å². The summed E-state index contributed by atoms with van der Waals surface area (Å²) >= 11 is 0. The lowest BCUT2D eigenvalue weighted by molar-refractivity contribution is 0.0879. The maximum Gasteiger partial charge on any atom is 0.119 e. The van der Waals surface area contributed by atoms with Crippen LogP contribution in [-0.2, 0) is 5.41 Å². The molecule has 152 valence electrons. The van der Waals surface area contributed by atoms with E-state index in [0.29, 0.717) is 18.1 Å². The third kappa shape index (κ3) is 6.08. The highest BCUT2D eigenvalue weighted by atomic mass is 16.3. The highest BCUT2D eigenvalue weighted by molar-refractivity contribution is 5.43. The van der Waals surface area contributed by atoms with Gasteiger partial charge in [0.2, 0.25) is 0 Å². The lowest BCUT2D eigenvalue weighted by Gasteiger charge is -2.35. The van der Waals surface area contributed by atoms with Gasteiger partial charge in [0.15, 0.2) is 0 Å². The fourth-order valence-corrected chi connectivity index (χ4v) is 4.35. The van der Waals surface area contributed by atoms with Crippen molar-refractivity contribution in [1.29, 1.82) is 0 Å². The normalized spacial score (nSPS) is 23.8. The molecule has 3 atom stereocenters. The highest BCUT2D eigenvalue weighted by Gasteiger charge is 2.32. The number of phenolic OH excluding ortho intramolecular Hbond substituents is 1. The zero-order chi connectivity index (χ0) is 19.9. The van der Waals surface area contributed by atoms with Crippen LogP contribution in [0.1, 0.15) is 89.2 Å². The van der Waals surface area contributed by atoms with Gasteiger partial charge in [-0.1, -0.05) is 57.9 Å². The van der Waals surface area contributed by atoms with E-state index >= 15 is 0 Å². The second-order valence-electron chi connectivity index (χ2n) is 8.74. The lowest BCUT2D eigenvalue weighted by atomic mass is 9.71. The van der Waals surface area contributed by atoms with E-state index in [-0.39, 0.29) is 24.0 Å². The van der Waals surface area contributed by atoms with Crippen molar-refractivity contribution in [3.63, 3.8) is 0 Å². The molecule has 1 saturated carbocycles. The SMILES string of the molecule is CCCCC=CC(C)(C)c1ccc(C2CC(O)CCC2CCCO)c(O)c1. The Kier molecular flexibility index (Phi) is 8.37. The van der Waals surface area contributed by atoms with Gasteiger partial charge in [0.25, 0.3) is 0 Å². The summed E-state index contributed by atoms with van der Waals surface area (Å²) in [6, 6.07) is 6.09. The van der Waals surface area contributed by atoms with Crippen LogP contribution < -0.4 is 0 Å². The Morgan fingerprint density at radius 2 is 1.96 bits per heavy atom. The minimum Gasteiger partial charge on any atom is -0.508 e. The second-order valence-corrected chi connectivity index (χ2v) is 8.74. The summed E-state index contributed by atoms with van der Waals surface area (Å²) in [5.41, 5.74) is 1.94. The average Bonchev–Trinajstić information content (AvgIpc) is 2.64. The van der Waals surface area contributed by atoms with Gasteiger partial charge < -0.3 is 15.3 Å². The molecule has 3 N–H and O–H groups in total. The first-order valence-corrected chi connectivity index (χ1v) is 10.7. The number of allylic oxidation sites excluding steroid dienone is 2. The highest BCUT2D eigenvalue weighted by Crippen LogP contribution is 2.44. The molecule has 0 spiro atoms. The summed E-state index contributed by atoms with van der Waals surface area (Å²) in [4.78, 5) is 0. The van der Waals surface area contributed by atoms with E-state index in [0.717, 1.165) is 43.2 Å². The maximum atomic E-state index is 10.8. The lowest BCUT2D eigenvalue weighted by Crippen LogP contribution is -2.27. The van der Waals surface area contributed by atoms with Gasteiger partial charge in [0, 0.05) is 12.0 Å². The van der Waals surface area contributed by atoms with E-state index in [1.165, 1.54) is 12.8 Å². The number of benzene rings is 1. The van der Waals surface area contributed by atoms with Crippen molar-refractivity contribution >= 4 is 0 Å². The molecule has 1 aromatic carbocycles. The zero-order valence-corrected chi connectivity index (χ0v) is 17.3. The van der Waals surface area contributed by atoms with E-state index in [1.807, 2.05) is 6.07 Å². The van der Waals surface area contributed by atoms with Gasteiger partial charge in [-0.15, -0.1) is 0 Å². The molecule has 3 unspecified atom stereocenters. The average molecular weight is 375 g/mol. The molecule has 1 aromatic rings. The van der Waals surface area contributed by atoms with Crippen molar-refractivity contribution in [2.75, 3.05) is 6.61 Å². The number of aromatic hydroxyl groups is 1.